The van der Waals surface area contributed by atoms with Crippen LogP contribution in [-0.2, 0) is 0 Å². The van der Waals surface area contributed by atoms with Crippen LogP contribution in [0.1, 0.15) is 13.8 Å². The van der Waals surface area contributed by atoms with Gasteiger partial charge >= 0.3 is 6.03 Å². The summed E-state index contributed by atoms with van der Waals surface area (Å²) in [4.78, 5) is 34.3. The van der Waals surface area contributed by atoms with Gasteiger partial charge in [-0.2, -0.15) is 0 Å². The van der Waals surface area contributed by atoms with Crippen LogP contribution in [0.15, 0.2) is 30.6 Å². The number of nitrogens with zero attached hydrogens (tertiary/aromatic N) is 5. The molecular formula is C19H24FN7O4. The third-order valence-corrected chi connectivity index (χ3v) is 4.51. The molecule has 2 heterocycles. The van der Waals surface area contributed by atoms with E-state index in [0.717, 1.165) is 31.1 Å². The number of non-ortho nitro benzene ring substituents is 1. The van der Waals surface area contributed by atoms with Crippen LogP contribution in [0, 0.1) is 15.9 Å². The van der Waals surface area contributed by atoms with Crippen molar-refractivity contribution in [2.75, 3.05) is 38.0 Å². The molecule has 3 rings (SSSR count). The molecule has 0 aliphatic carbocycles. The van der Waals surface area contributed by atoms with Gasteiger partial charge in [-0.05, 0) is 19.9 Å². The number of amides is 2. The van der Waals surface area contributed by atoms with Crippen molar-refractivity contribution in [3.63, 3.8) is 0 Å². The fourth-order valence-electron chi connectivity index (χ4n) is 3.14. The molecule has 0 atom stereocenters. The molecular weight excluding hydrogens is 409 g/mol. The quantitative estimate of drug-likeness (QED) is 0.522. The van der Waals surface area contributed by atoms with Crippen molar-refractivity contribution >= 4 is 17.5 Å². The number of hydrogen-bond acceptors (Lipinski definition) is 8. The van der Waals surface area contributed by atoms with Crippen molar-refractivity contribution in [1.29, 1.82) is 0 Å². The number of benzene rings is 1. The maximum Gasteiger partial charge on any atom is 0.323 e. The Morgan fingerprint density at radius 2 is 2.00 bits per heavy atom. The van der Waals surface area contributed by atoms with E-state index in [1.165, 1.54) is 6.07 Å². The zero-order valence-electron chi connectivity index (χ0n) is 17.2. The first-order chi connectivity index (χ1) is 14.6. The van der Waals surface area contributed by atoms with Crippen LogP contribution >= 0.6 is 0 Å². The van der Waals surface area contributed by atoms with Crippen LogP contribution in [0.3, 0.4) is 0 Å². The Hall–Kier alpha value is -3.38. The number of aromatic nitrogens is 2. The molecule has 2 amide bonds. The van der Waals surface area contributed by atoms with Gasteiger partial charge in [-0.1, -0.05) is 0 Å². The van der Waals surface area contributed by atoms with Crippen molar-refractivity contribution in [2.24, 2.45) is 5.73 Å². The number of hydrogen-bond donors (Lipinski definition) is 2. The molecule has 0 spiro atoms. The number of nitrogens with two attached hydrogens (primary N) is 1. The predicted octanol–water partition coefficient (Wildman–Crippen LogP) is 2.20. The van der Waals surface area contributed by atoms with Gasteiger partial charge in [-0.15, -0.1) is 0 Å². The fourth-order valence-corrected chi connectivity index (χ4v) is 3.14. The summed E-state index contributed by atoms with van der Waals surface area (Å²) in [6.07, 6.45) is 1.16. The first-order valence-corrected chi connectivity index (χ1v) is 9.62. The SMILES string of the molecule is CC(C)(N)CN1CCN(C(=O)Nc2cc(Oc3ccc([N+](=O)[O-])cc3F)ncn2)CC1. The first-order valence-electron chi connectivity index (χ1n) is 9.62. The maximum absolute atomic E-state index is 14.0. The molecule has 166 valence electrons. The lowest BCUT2D eigenvalue weighted by Crippen LogP contribution is -2.54. The van der Waals surface area contributed by atoms with E-state index in [9.17, 15) is 19.3 Å². The number of halogens is 1. The standard InChI is InChI=1S/C19H24FN7O4/c1-19(2,21)11-25-5-7-26(8-6-25)18(28)24-16-10-17(23-12-22-16)31-15-4-3-13(27(29)30)9-14(15)20/h3-4,9-10,12H,5-8,11,21H2,1-2H3,(H,22,23,24,28). The molecule has 2 aromatic rings. The van der Waals surface area contributed by atoms with Gasteiger partial charge in [-0.25, -0.2) is 19.2 Å². The van der Waals surface area contributed by atoms with Crippen LogP contribution in [0.4, 0.5) is 20.7 Å². The fraction of sp³-hybridized carbons (Fsp3) is 0.421. The van der Waals surface area contributed by atoms with Crippen molar-refractivity contribution in [2.45, 2.75) is 19.4 Å². The Labute approximate surface area is 178 Å². The average Bonchev–Trinajstić information content (AvgIpc) is 2.69. The second kappa shape index (κ2) is 9.18. The third-order valence-electron chi connectivity index (χ3n) is 4.51. The number of nitro groups is 1. The van der Waals surface area contributed by atoms with E-state index >= 15 is 0 Å². The van der Waals surface area contributed by atoms with Gasteiger partial charge in [0.25, 0.3) is 5.69 Å². The van der Waals surface area contributed by atoms with Gasteiger partial charge < -0.3 is 15.4 Å². The normalized spacial score (nSPS) is 14.9. The molecule has 1 aromatic carbocycles. The van der Waals surface area contributed by atoms with E-state index < -0.39 is 16.4 Å². The van der Waals surface area contributed by atoms with Crippen LogP contribution in [-0.4, -0.2) is 69.0 Å². The molecule has 31 heavy (non-hydrogen) atoms. The summed E-state index contributed by atoms with van der Waals surface area (Å²) < 4.78 is 19.4. The summed E-state index contributed by atoms with van der Waals surface area (Å²) in [6.45, 7) is 7.19. The molecule has 1 aliphatic rings. The highest BCUT2D eigenvalue weighted by molar-refractivity contribution is 5.88. The number of anilines is 1. The smallest absolute Gasteiger partial charge is 0.323 e. The molecule has 1 aromatic heterocycles. The Bertz CT molecular complexity index is 959. The summed E-state index contributed by atoms with van der Waals surface area (Å²) in [5, 5.41) is 13.4. The van der Waals surface area contributed by atoms with Gasteiger partial charge in [0.05, 0.1) is 11.0 Å². The number of nitro benzene ring substituents is 1. The Morgan fingerprint density at radius 3 is 2.61 bits per heavy atom. The number of urea groups is 1. The van der Waals surface area contributed by atoms with E-state index in [1.54, 1.807) is 4.90 Å². The monoisotopic (exact) mass is 433 g/mol. The summed E-state index contributed by atoms with van der Waals surface area (Å²) in [6, 6.07) is 4.03. The van der Waals surface area contributed by atoms with E-state index in [-0.39, 0.29) is 29.0 Å². The van der Waals surface area contributed by atoms with E-state index in [1.807, 2.05) is 13.8 Å². The molecule has 0 unspecified atom stereocenters. The van der Waals surface area contributed by atoms with E-state index in [0.29, 0.717) is 26.2 Å². The minimum absolute atomic E-state index is 0.0203. The highest BCUT2D eigenvalue weighted by Crippen LogP contribution is 2.27. The second-order valence-corrected chi connectivity index (χ2v) is 7.90. The Kier molecular flexibility index (Phi) is 6.61. The molecule has 1 fully saturated rings. The van der Waals surface area contributed by atoms with Gasteiger partial charge in [-0.3, -0.25) is 20.3 Å². The van der Waals surface area contributed by atoms with Gasteiger partial charge in [0.15, 0.2) is 11.6 Å². The molecule has 0 radical (unpaired) electrons. The highest BCUT2D eigenvalue weighted by Gasteiger charge is 2.24. The number of nitrogens with one attached hydrogen (secondary N) is 1. The summed E-state index contributed by atoms with van der Waals surface area (Å²) in [5.41, 5.74) is 5.35. The Balaban J connectivity index is 1.58. The molecule has 3 N–H and O–H groups in total. The Morgan fingerprint density at radius 1 is 1.29 bits per heavy atom. The molecule has 0 bridgehead atoms. The van der Waals surface area contributed by atoms with Crippen molar-refractivity contribution < 1.29 is 18.8 Å². The molecule has 1 saturated heterocycles. The summed E-state index contributed by atoms with van der Waals surface area (Å²) in [7, 11) is 0. The lowest BCUT2D eigenvalue weighted by Gasteiger charge is -2.37. The van der Waals surface area contributed by atoms with Crippen LogP contribution < -0.4 is 15.8 Å². The number of rotatable bonds is 6. The first kappa shape index (κ1) is 22.3. The number of piperazine rings is 1. The predicted molar refractivity (Wildman–Crippen MR) is 110 cm³/mol. The molecule has 1 aliphatic heterocycles. The van der Waals surface area contributed by atoms with Crippen LogP contribution in [0.2, 0.25) is 0 Å². The summed E-state index contributed by atoms with van der Waals surface area (Å²) >= 11 is 0. The van der Waals surface area contributed by atoms with Crippen LogP contribution in [0.5, 0.6) is 11.6 Å². The molecule has 11 nitrogen and oxygen atoms in total. The average molecular weight is 433 g/mol. The minimum atomic E-state index is -0.906. The van der Waals surface area contributed by atoms with Crippen molar-refractivity contribution in [3.8, 4) is 11.6 Å². The summed E-state index contributed by atoms with van der Waals surface area (Å²) in [5.74, 6) is -0.978. The topological polar surface area (TPSA) is 140 Å². The largest absolute Gasteiger partial charge is 0.436 e. The van der Waals surface area contributed by atoms with Gasteiger partial charge in [0.2, 0.25) is 5.88 Å². The number of carbonyl (C=O) groups excluding carboxylic acids is 1. The second-order valence-electron chi connectivity index (χ2n) is 7.90. The van der Waals surface area contributed by atoms with Gasteiger partial charge in [0.1, 0.15) is 12.1 Å². The lowest BCUT2D eigenvalue weighted by molar-refractivity contribution is -0.385. The zero-order valence-corrected chi connectivity index (χ0v) is 17.2. The zero-order chi connectivity index (χ0) is 22.6. The van der Waals surface area contributed by atoms with Crippen molar-refractivity contribution in [3.05, 3.63) is 46.5 Å². The number of carbonyl (C=O) groups is 1. The van der Waals surface area contributed by atoms with Gasteiger partial charge in [0, 0.05) is 50.4 Å². The number of ether oxygens (including phenoxy) is 1. The van der Waals surface area contributed by atoms with Crippen molar-refractivity contribution in [1.82, 2.24) is 19.8 Å². The van der Waals surface area contributed by atoms with E-state index in [4.69, 9.17) is 10.5 Å². The lowest BCUT2D eigenvalue weighted by atomic mass is 10.1. The van der Waals surface area contributed by atoms with E-state index in [2.05, 4.69) is 20.2 Å². The maximum atomic E-state index is 14.0. The van der Waals surface area contributed by atoms with Crippen LogP contribution in [0.25, 0.3) is 0 Å². The molecule has 0 saturated carbocycles. The highest BCUT2D eigenvalue weighted by atomic mass is 19.1. The minimum Gasteiger partial charge on any atom is -0.436 e. The third kappa shape index (κ3) is 6.30. The molecule has 12 heteroatoms.